The fraction of sp³-hybridized carbons (Fsp3) is 0.455. The lowest BCUT2D eigenvalue weighted by atomic mass is 10.0. The highest BCUT2D eigenvalue weighted by molar-refractivity contribution is 7.13. The molecule has 1 atom stereocenters. The molecule has 28 heavy (non-hydrogen) atoms. The van der Waals surface area contributed by atoms with Gasteiger partial charge in [-0.05, 0) is 57.4 Å². The van der Waals surface area contributed by atoms with Crippen molar-refractivity contribution in [3.8, 4) is 0 Å². The molecule has 1 aromatic heterocycles. The molecule has 1 heterocycles. The van der Waals surface area contributed by atoms with Crippen LogP contribution in [0, 0.1) is 11.7 Å². The van der Waals surface area contributed by atoms with E-state index in [0.29, 0.717) is 24.7 Å². The predicted octanol–water partition coefficient (Wildman–Crippen LogP) is 5.41. The maximum absolute atomic E-state index is 13.4. The van der Waals surface area contributed by atoms with Gasteiger partial charge in [-0.25, -0.2) is 9.37 Å². The molecule has 0 radical (unpaired) electrons. The number of hydrogen-bond acceptors (Lipinski definition) is 4. The number of halogens is 1. The van der Waals surface area contributed by atoms with Crippen LogP contribution in [0.3, 0.4) is 0 Å². The van der Waals surface area contributed by atoms with Gasteiger partial charge in [0.05, 0.1) is 12.2 Å². The number of allylic oxidation sites excluding steroid dienone is 1. The molecule has 0 N–H and O–H groups in total. The predicted molar refractivity (Wildman–Crippen MR) is 114 cm³/mol. The lowest BCUT2D eigenvalue weighted by molar-refractivity contribution is -0.122. The quantitative estimate of drug-likeness (QED) is 0.528. The SMILES string of the molecule is C=C(C)CC(C)C(=O)N(Cc1csc(N(CC)C2CC2)n1)c1ccc(F)cc1. The van der Waals surface area contributed by atoms with E-state index in [9.17, 15) is 9.18 Å². The number of hydrogen-bond donors (Lipinski definition) is 0. The Morgan fingerprint density at radius 2 is 2.04 bits per heavy atom. The summed E-state index contributed by atoms with van der Waals surface area (Å²) in [7, 11) is 0. The minimum absolute atomic E-state index is 0.00120. The van der Waals surface area contributed by atoms with Crippen molar-refractivity contribution >= 4 is 28.1 Å². The molecule has 2 aromatic rings. The molecule has 1 amide bonds. The van der Waals surface area contributed by atoms with Crippen LogP contribution in [0.4, 0.5) is 15.2 Å². The van der Waals surface area contributed by atoms with Gasteiger partial charge in [0.25, 0.3) is 0 Å². The number of aromatic nitrogens is 1. The summed E-state index contributed by atoms with van der Waals surface area (Å²) in [5, 5.41) is 3.04. The number of carbonyl (C=O) groups excluding carboxylic acids is 1. The molecular formula is C22H28FN3OS. The van der Waals surface area contributed by atoms with Crippen LogP contribution in [-0.2, 0) is 11.3 Å². The zero-order chi connectivity index (χ0) is 20.3. The molecule has 1 fully saturated rings. The van der Waals surface area contributed by atoms with Gasteiger partial charge in [0, 0.05) is 29.6 Å². The molecule has 1 aliphatic carbocycles. The Morgan fingerprint density at radius 3 is 2.61 bits per heavy atom. The highest BCUT2D eigenvalue weighted by Gasteiger charge is 2.30. The maximum atomic E-state index is 13.4. The number of thiazole rings is 1. The van der Waals surface area contributed by atoms with Crippen molar-refractivity contribution in [2.24, 2.45) is 5.92 Å². The number of rotatable bonds is 9. The van der Waals surface area contributed by atoms with Gasteiger partial charge in [0.15, 0.2) is 5.13 Å². The van der Waals surface area contributed by atoms with Crippen LogP contribution in [0.25, 0.3) is 0 Å². The standard InChI is InChI=1S/C22H28FN3OS/c1-5-25(19-10-11-19)22-24-18(14-28-22)13-26(20-8-6-17(23)7-9-20)21(27)16(4)12-15(2)3/h6-9,14,16,19H,2,5,10-13H2,1,3-4H3. The van der Waals surface area contributed by atoms with E-state index in [1.807, 2.05) is 19.2 Å². The summed E-state index contributed by atoms with van der Waals surface area (Å²) in [5.74, 6) is -0.511. The summed E-state index contributed by atoms with van der Waals surface area (Å²) in [6, 6.07) is 6.68. The van der Waals surface area contributed by atoms with Crippen LogP contribution >= 0.6 is 11.3 Å². The second-order valence-corrected chi connectivity index (χ2v) is 8.44. The van der Waals surface area contributed by atoms with Crippen LogP contribution in [0.5, 0.6) is 0 Å². The van der Waals surface area contributed by atoms with Gasteiger partial charge in [-0.15, -0.1) is 17.9 Å². The van der Waals surface area contributed by atoms with Crippen LogP contribution in [-0.4, -0.2) is 23.5 Å². The van der Waals surface area contributed by atoms with Gasteiger partial charge < -0.3 is 9.80 Å². The number of benzene rings is 1. The van der Waals surface area contributed by atoms with Crippen molar-refractivity contribution in [3.63, 3.8) is 0 Å². The lowest BCUT2D eigenvalue weighted by Crippen LogP contribution is -2.35. The van der Waals surface area contributed by atoms with Crippen molar-refractivity contribution in [1.29, 1.82) is 0 Å². The minimum Gasteiger partial charge on any atom is -0.345 e. The van der Waals surface area contributed by atoms with Crippen LogP contribution in [0.15, 0.2) is 41.8 Å². The molecule has 3 rings (SSSR count). The maximum Gasteiger partial charge on any atom is 0.230 e. The van der Waals surface area contributed by atoms with Crippen LogP contribution < -0.4 is 9.80 Å². The molecular weight excluding hydrogens is 373 g/mol. The summed E-state index contributed by atoms with van der Waals surface area (Å²) >= 11 is 1.62. The van der Waals surface area contributed by atoms with E-state index in [0.717, 1.165) is 22.9 Å². The molecule has 1 saturated carbocycles. The Labute approximate surface area is 170 Å². The van der Waals surface area contributed by atoms with Crippen molar-refractivity contribution < 1.29 is 9.18 Å². The number of nitrogens with zero attached hydrogens (tertiary/aromatic N) is 3. The third kappa shape index (κ3) is 4.98. The van der Waals surface area contributed by atoms with E-state index in [2.05, 4.69) is 18.4 Å². The first kappa shape index (κ1) is 20.5. The fourth-order valence-electron chi connectivity index (χ4n) is 3.39. The van der Waals surface area contributed by atoms with Gasteiger partial charge in [0.2, 0.25) is 5.91 Å². The Balaban J connectivity index is 1.82. The molecule has 150 valence electrons. The average Bonchev–Trinajstić information content (AvgIpc) is 3.38. The molecule has 1 aliphatic rings. The Hall–Kier alpha value is -2.21. The van der Waals surface area contributed by atoms with Crippen molar-refractivity contribution in [2.45, 2.75) is 52.6 Å². The third-order valence-electron chi connectivity index (χ3n) is 4.91. The van der Waals surface area contributed by atoms with Gasteiger partial charge in [0.1, 0.15) is 5.82 Å². The number of anilines is 2. The summed E-state index contributed by atoms with van der Waals surface area (Å²) in [4.78, 5) is 22.0. The zero-order valence-electron chi connectivity index (χ0n) is 16.8. The van der Waals surface area contributed by atoms with E-state index in [-0.39, 0.29) is 17.6 Å². The summed E-state index contributed by atoms with van der Waals surface area (Å²) in [6.07, 6.45) is 3.08. The van der Waals surface area contributed by atoms with E-state index < -0.39 is 0 Å². The summed E-state index contributed by atoms with van der Waals surface area (Å²) in [5.41, 5.74) is 2.52. The smallest absolute Gasteiger partial charge is 0.230 e. The fourth-order valence-corrected chi connectivity index (χ4v) is 4.34. The normalized spacial score (nSPS) is 14.6. The zero-order valence-corrected chi connectivity index (χ0v) is 17.6. The second kappa shape index (κ2) is 8.86. The first-order valence-electron chi connectivity index (χ1n) is 9.81. The highest BCUT2D eigenvalue weighted by Crippen LogP contribution is 2.33. The Bertz CT molecular complexity index is 829. The molecule has 0 bridgehead atoms. The van der Waals surface area contributed by atoms with Gasteiger partial charge in [-0.1, -0.05) is 12.5 Å². The summed E-state index contributed by atoms with van der Waals surface area (Å²) < 4.78 is 13.4. The average molecular weight is 402 g/mol. The van der Waals surface area contributed by atoms with Gasteiger partial charge >= 0.3 is 0 Å². The first-order valence-corrected chi connectivity index (χ1v) is 10.7. The van der Waals surface area contributed by atoms with Gasteiger partial charge in [-0.2, -0.15) is 0 Å². The second-order valence-electron chi connectivity index (χ2n) is 7.60. The molecule has 4 nitrogen and oxygen atoms in total. The topological polar surface area (TPSA) is 36.4 Å². The van der Waals surface area contributed by atoms with Crippen LogP contribution in [0.1, 0.15) is 45.7 Å². The van der Waals surface area contributed by atoms with Crippen molar-refractivity contribution in [2.75, 3.05) is 16.3 Å². The molecule has 6 heteroatoms. The molecule has 1 unspecified atom stereocenters. The van der Waals surface area contributed by atoms with Crippen molar-refractivity contribution in [3.05, 3.63) is 53.3 Å². The molecule has 0 spiro atoms. The Kier molecular flexibility index (Phi) is 6.50. The first-order chi connectivity index (χ1) is 13.4. The highest BCUT2D eigenvalue weighted by atomic mass is 32.1. The lowest BCUT2D eigenvalue weighted by Gasteiger charge is -2.25. The molecule has 0 saturated heterocycles. The van der Waals surface area contributed by atoms with Gasteiger partial charge in [-0.3, -0.25) is 4.79 Å². The summed E-state index contributed by atoms with van der Waals surface area (Å²) in [6.45, 7) is 11.2. The molecule has 1 aromatic carbocycles. The van der Waals surface area contributed by atoms with E-state index >= 15 is 0 Å². The number of carbonyl (C=O) groups is 1. The van der Waals surface area contributed by atoms with E-state index in [4.69, 9.17) is 4.98 Å². The Morgan fingerprint density at radius 1 is 1.36 bits per heavy atom. The van der Waals surface area contributed by atoms with E-state index in [1.165, 1.54) is 25.0 Å². The number of amides is 1. The third-order valence-corrected chi connectivity index (χ3v) is 5.84. The van der Waals surface area contributed by atoms with Crippen molar-refractivity contribution in [1.82, 2.24) is 4.98 Å². The van der Waals surface area contributed by atoms with E-state index in [1.54, 1.807) is 28.4 Å². The monoisotopic (exact) mass is 401 g/mol. The van der Waals surface area contributed by atoms with Crippen LogP contribution in [0.2, 0.25) is 0 Å². The molecule has 0 aliphatic heterocycles. The minimum atomic E-state index is -0.315. The largest absolute Gasteiger partial charge is 0.345 e.